The molecule has 2 fully saturated rings. The molecule has 2 saturated carbocycles. The number of allylic oxidation sites excluding steroid dienone is 2. The summed E-state index contributed by atoms with van der Waals surface area (Å²) in [4.78, 5) is 0. The van der Waals surface area contributed by atoms with Gasteiger partial charge in [-0.15, -0.1) is 0 Å². The Bertz CT molecular complexity index is 932. The first-order valence-electron chi connectivity index (χ1n) is 12.5. The van der Waals surface area contributed by atoms with Gasteiger partial charge in [0.05, 0.1) is 6.07 Å². The van der Waals surface area contributed by atoms with Gasteiger partial charge in [0.1, 0.15) is 5.75 Å². The molecule has 168 valence electrons. The van der Waals surface area contributed by atoms with Crippen LogP contribution in [0.15, 0.2) is 23.8 Å². The largest absolute Gasteiger partial charge is 0.543 e. The zero-order valence-electron chi connectivity index (χ0n) is 20.8. The lowest BCUT2D eigenvalue weighted by atomic mass is 9.55. The van der Waals surface area contributed by atoms with Crippen molar-refractivity contribution < 1.29 is 4.43 Å². The molecule has 0 N–H and O–H groups in total. The molecule has 0 aliphatic heterocycles. The number of aryl methyl sites for hydroxylation is 2. The first-order valence-corrected chi connectivity index (χ1v) is 15.4. The molecule has 3 unspecified atom stereocenters. The van der Waals surface area contributed by atoms with Gasteiger partial charge < -0.3 is 4.43 Å². The number of hydrogen-bond donors (Lipinski definition) is 0. The molecule has 3 aliphatic rings. The number of benzene rings is 1. The summed E-state index contributed by atoms with van der Waals surface area (Å²) in [5.41, 5.74) is 6.25. The van der Waals surface area contributed by atoms with E-state index in [-0.39, 0.29) is 10.5 Å². The predicted octanol–water partition coefficient (Wildman–Crippen LogP) is 7.94. The molecule has 0 amide bonds. The zero-order chi connectivity index (χ0) is 22.6. The average molecular weight is 436 g/mol. The predicted molar refractivity (Wildman–Crippen MR) is 132 cm³/mol. The van der Waals surface area contributed by atoms with Crippen molar-refractivity contribution in [2.45, 2.75) is 104 Å². The van der Waals surface area contributed by atoms with Crippen LogP contribution in [0.3, 0.4) is 0 Å². The van der Waals surface area contributed by atoms with Crippen molar-refractivity contribution in [1.29, 1.82) is 5.26 Å². The summed E-state index contributed by atoms with van der Waals surface area (Å²) in [6.07, 6.45) is 10.3. The van der Waals surface area contributed by atoms with Gasteiger partial charge in [-0.05, 0) is 109 Å². The average Bonchev–Trinajstić information content (AvgIpc) is 3.03. The molecule has 2 nitrogen and oxygen atoms in total. The molecule has 0 heterocycles. The van der Waals surface area contributed by atoms with E-state index in [0.29, 0.717) is 5.92 Å². The van der Waals surface area contributed by atoms with Gasteiger partial charge in [0, 0.05) is 6.08 Å². The van der Waals surface area contributed by atoms with Crippen molar-refractivity contribution in [3.05, 3.63) is 40.5 Å². The molecule has 1 aromatic carbocycles. The Morgan fingerprint density at radius 2 is 1.94 bits per heavy atom. The highest BCUT2D eigenvalue weighted by Crippen LogP contribution is 2.63. The maximum atomic E-state index is 9.27. The molecule has 31 heavy (non-hydrogen) atoms. The number of nitriles is 1. The van der Waals surface area contributed by atoms with E-state index >= 15 is 0 Å². The lowest BCUT2D eigenvalue weighted by Gasteiger charge is -2.49. The third-order valence-corrected chi connectivity index (χ3v) is 13.9. The summed E-state index contributed by atoms with van der Waals surface area (Å²) >= 11 is 0. The van der Waals surface area contributed by atoms with Crippen molar-refractivity contribution in [2.75, 3.05) is 0 Å². The molecule has 3 heteroatoms. The van der Waals surface area contributed by atoms with Crippen LogP contribution in [0, 0.1) is 28.6 Å². The van der Waals surface area contributed by atoms with Crippen molar-refractivity contribution in [3.8, 4) is 11.8 Å². The summed E-state index contributed by atoms with van der Waals surface area (Å²) in [6, 6.07) is 7.28. The molecule has 0 bridgehead atoms. The van der Waals surface area contributed by atoms with Gasteiger partial charge in [0.15, 0.2) is 0 Å². The fourth-order valence-corrected chi connectivity index (χ4v) is 7.65. The summed E-state index contributed by atoms with van der Waals surface area (Å²) in [5, 5.41) is 9.49. The van der Waals surface area contributed by atoms with Crippen LogP contribution in [0.25, 0.3) is 0 Å². The molecule has 0 radical (unpaired) electrons. The van der Waals surface area contributed by atoms with E-state index in [1.165, 1.54) is 43.2 Å². The van der Waals surface area contributed by atoms with Crippen LogP contribution in [0.5, 0.6) is 5.75 Å². The Morgan fingerprint density at radius 3 is 2.58 bits per heavy atom. The van der Waals surface area contributed by atoms with Crippen LogP contribution in [0.1, 0.15) is 89.3 Å². The van der Waals surface area contributed by atoms with Crippen LogP contribution >= 0.6 is 0 Å². The number of fused-ring (bicyclic) bond motifs is 5. The molecule has 4 atom stereocenters. The molecule has 0 aromatic heterocycles. The summed E-state index contributed by atoms with van der Waals surface area (Å²) < 4.78 is 6.82. The Labute approximate surface area is 191 Å². The van der Waals surface area contributed by atoms with Crippen molar-refractivity contribution in [3.63, 3.8) is 0 Å². The standard InChI is InChI=1S/C28H41NOSi/c1-8-19-17-24-20(18-26(19)30-31(6,7)27(2,3)4)9-11-23-22(24)13-15-28(5)21(14-16-29)10-12-25(23)28/h14,17-18,22-23,25H,8-13,15H2,1-7H3/b21-14+/t22?,23?,25?,28-/m1/s1. The lowest BCUT2D eigenvalue weighted by molar-refractivity contribution is 0.0814. The lowest BCUT2D eigenvalue weighted by Crippen LogP contribution is -2.44. The van der Waals surface area contributed by atoms with E-state index < -0.39 is 8.32 Å². The molecule has 1 aromatic rings. The highest BCUT2D eigenvalue weighted by Gasteiger charge is 2.52. The van der Waals surface area contributed by atoms with Crippen molar-refractivity contribution in [2.24, 2.45) is 17.3 Å². The Morgan fingerprint density at radius 1 is 1.19 bits per heavy atom. The topological polar surface area (TPSA) is 33.0 Å². The van der Waals surface area contributed by atoms with Crippen molar-refractivity contribution >= 4 is 8.32 Å². The van der Waals surface area contributed by atoms with Crippen LogP contribution < -0.4 is 4.43 Å². The molecule has 3 aliphatic carbocycles. The molecular formula is C28H41NOSi. The number of hydrogen-bond acceptors (Lipinski definition) is 2. The quantitative estimate of drug-likeness (QED) is 0.356. The SMILES string of the molecule is CCc1cc2c(cc1O[Si](C)(C)C(C)(C)C)CCC1C2CC[C@]2(C)/C(=C/C#N)CCC12. The zero-order valence-corrected chi connectivity index (χ0v) is 21.8. The van der Waals surface area contributed by atoms with E-state index in [1.54, 1.807) is 11.1 Å². The fraction of sp³-hybridized carbons (Fsp3) is 0.679. The second kappa shape index (κ2) is 7.80. The number of nitrogens with zero attached hydrogens (tertiary/aromatic N) is 1. The second-order valence-electron chi connectivity index (χ2n) is 12.1. The normalized spacial score (nSPS) is 31.5. The maximum absolute atomic E-state index is 9.27. The minimum Gasteiger partial charge on any atom is -0.543 e. The van der Waals surface area contributed by atoms with Gasteiger partial charge in [-0.1, -0.05) is 46.3 Å². The summed E-state index contributed by atoms with van der Waals surface area (Å²) in [6.45, 7) is 16.4. The van der Waals surface area contributed by atoms with Gasteiger partial charge in [-0.3, -0.25) is 0 Å². The highest BCUT2D eigenvalue weighted by atomic mass is 28.4. The van der Waals surface area contributed by atoms with Crippen molar-refractivity contribution in [1.82, 2.24) is 0 Å². The summed E-state index contributed by atoms with van der Waals surface area (Å²) in [7, 11) is -1.85. The van der Waals surface area contributed by atoms with Gasteiger partial charge in [-0.25, -0.2) is 0 Å². The third-order valence-electron chi connectivity index (χ3n) is 9.54. The number of rotatable bonds is 3. The fourth-order valence-electron chi connectivity index (χ4n) is 6.61. The minimum absolute atomic E-state index is 0.212. The smallest absolute Gasteiger partial charge is 0.250 e. The molecule has 0 spiro atoms. The minimum atomic E-state index is -1.85. The molecular weight excluding hydrogens is 394 g/mol. The van der Waals surface area contributed by atoms with E-state index in [1.807, 2.05) is 6.08 Å². The van der Waals surface area contributed by atoms with E-state index in [0.717, 1.165) is 30.4 Å². The van der Waals surface area contributed by atoms with Crippen LogP contribution in [-0.4, -0.2) is 8.32 Å². The van der Waals surface area contributed by atoms with Gasteiger partial charge in [0.25, 0.3) is 0 Å². The highest BCUT2D eigenvalue weighted by molar-refractivity contribution is 6.74. The van der Waals surface area contributed by atoms with Crippen LogP contribution in [0.4, 0.5) is 0 Å². The molecule has 0 saturated heterocycles. The Hall–Kier alpha value is -1.53. The van der Waals surface area contributed by atoms with Crippen LogP contribution in [-0.2, 0) is 12.8 Å². The van der Waals surface area contributed by atoms with Gasteiger partial charge in [-0.2, -0.15) is 5.26 Å². The maximum Gasteiger partial charge on any atom is 0.250 e. The van der Waals surface area contributed by atoms with E-state index in [4.69, 9.17) is 4.43 Å². The van der Waals surface area contributed by atoms with Crippen LogP contribution in [0.2, 0.25) is 18.1 Å². The Kier molecular flexibility index (Phi) is 5.70. The molecule has 4 rings (SSSR count). The van der Waals surface area contributed by atoms with Gasteiger partial charge >= 0.3 is 0 Å². The van der Waals surface area contributed by atoms with E-state index in [2.05, 4.69) is 65.9 Å². The second-order valence-corrected chi connectivity index (χ2v) is 16.8. The van der Waals surface area contributed by atoms with Gasteiger partial charge in [0.2, 0.25) is 8.32 Å². The third kappa shape index (κ3) is 3.69. The monoisotopic (exact) mass is 435 g/mol. The van der Waals surface area contributed by atoms with E-state index in [9.17, 15) is 5.26 Å². The Balaban J connectivity index is 1.67. The first kappa shape index (κ1) is 22.7. The first-order chi connectivity index (χ1) is 14.5. The summed E-state index contributed by atoms with van der Waals surface area (Å²) in [5.74, 6) is 3.36.